The van der Waals surface area contributed by atoms with Gasteiger partial charge in [-0.2, -0.15) is 0 Å². The van der Waals surface area contributed by atoms with Gasteiger partial charge in [0.15, 0.2) is 0 Å². The first kappa shape index (κ1) is 19.2. The van der Waals surface area contributed by atoms with Crippen molar-refractivity contribution in [2.45, 2.75) is 33.7 Å². The van der Waals surface area contributed by atoms with Crippen LogP contribution in [0.25, 0.3) is 17.0 Å². The molecule has 0 saturated heterocycles. The molecule has 0 bridgehead atoms. The van der Waals surface area contributed by atoms with Crippen molar-refractivity contribution >= 4 is 22.9 Å². The van der Waals surface area contributed by atoms with E-state index in [2.05, 4.69) is 56.5 Å². The highest BCUT2D eigenvalue weighted by Crippen LogP contribution is 2.29. The second kappa shape index (κ2) is 8.32. The number of likely N-dealkylation sites (N-methyl/N-ethyl adjacent to an activating group) is 1. The molecule has 5 nitrogen and oxygen atoms in total. The zero-order valence-electron chi connectivity index (χ0n) is 15.8. The first-order valence-corrected chi connectivity index (χ1v) is 8.72. The Balaban J connectivity index is 2.50. The minimum absolute atomic E-state index is 0.526. The van der Waals surface area contributed by atoms with Gasteiger partial charge in [0.1, 0.15) is 0 Å². The van der Waals surface area contributed by atoms with E-state index in [0.29, 0.717) is 5.92 Å². The molecular weight excluding hydrogens is 314 g/mol. The highest BCUT2D eigenvalue weighted by Gasteiger charge is 2.15. The van der Waals surface area contributed by atoms with E-state index in [-0.39, 0.29) is 0 Å². The minimum Gasteiger partial charge on any atom is -0.343 e. The molecule has 1 heterocycles. The smallest absolute Gasteiger partial charge is 0.267 e. The van der Waals surface area contributed by atoms with Gasteiger partial charge in [-0.1, -0.05) is 19.9 Å². The molecule has 0 unspecified atom stereocenters. The van der Waals surface area contributed by atoms with Crippen molar-refractivity contribution in [2.24, 2.45) is 5.92 Å². The van der Waals surface area contributed by atoms with E-state index in [1.54, 1.807) is 11.6 Å². The molecule has 25 heavy (non-hydrogen) atoms. The summed E-state index contributed by atoms with van der Waals surface area (Å²) in [4.78, 5) is 13.4. The average molecular weight is 343 g/mol. The molecule has 0 saturated carbocycles. The normalized spacial score (nSPS) is 12.0. The summed E-state index contributed by atoms with van der Waals surface area (Å²) in [7, 11) is 4.18. The van der Waals surface area contributed by atoms with Crippen LogP contribution in [0.5, 0.6) is 0 Å². The van der Waals surface area contributed by atoms with Gasteiger partial charge < -0.3 is 9.47 Å². The number of aromatic nitrogens is 1. The maximum absolute atomic E-state index is 11.2. The van der Waals surface area contributed by atoms with Crippen LogP contribution in [0.15, 0.2) is 24.3 Å². The molecule has 0 aliphatic heterocycles. The molecule has 1 aromatic heterocycles. The zero-order valence-corrected chi connectivity index (χ0v) is 15.8. The van der Waals surface area contributed by atoms with Gasteiger partial charge in [0.05, 0.1) is 0 Å². The quantitative estimate of drug-likeness (QED) is 0.461. The molecule has 0 spiro atoms. The van der Waals surface area contributed by atoms with Crippen LogP contribution in [0, 0.1) is 12.8 Å². The molecule has 2 N–H and O–H groups in total. The van der Waals surface area contributed by atoms with Crippen LogP contribution in [0.1, 0.15) is 30.7 Å². The van der Waals surface area contributed by atoms with E-state index in [0.717, 1.165) is 25.1 Å². The molecule has 5 heteroatoms. The van der Waals surface area contributed by atoms with Crippen LogP contribution in [0.3, 0.4) is 0 Å². The Bertz CT molecular complexity index is 773. The lowest BCUT2D eigenvalue weighted by atomic mass is 9.99. The van der Waals surface area contributed by atoms with Crippen molar-refractivity contribution in [3.8, 4) is 0 Å². The molecule has 0 radical (unpaired) electrons. The van der Waals surface area contributed by atoms with E-state index in [9.17, 15) is 4.79 Å². The van der Waals surface area contributed by atoms with Crippen molar-refractivity contribution in [1.29, 1.82) is 0 Å². The lowest BCUT2D eigenvalue weighted by Gasteiger charge is -2.13. The summed E-state index contributed by atoms with van der Waals surface area (Å²) in [6.45, 7) is 8.61. The van der Waals surface area contributed by atoms with Crippen molar-refractivity contribution in [1.82, 2.24) is 14.9 Å². The fourth-order valence-corrected chi connectivity index (χ4v) is 3.14. The minimum atomic E-state index is -0.526. The third-order valence-electron chi connectivity index (χ3n) is 4.40. The van der Waals surface area contributed by atoms with Gasteiger partial charge in [0.25, 0.3) is 5.91 Å². The molecular formula is C20H29N3O2. The maximum atomic E-state index is 11.2. The van der Waals surface area contributed by atoms with Gasteiger partial charge in [-0.05, 0) is 62.7 Å². The number of carbonyl (C=O) groups is 1. The number of hydrogen-bond acceptors (Lipinski definition) is 3. The van der Waals surface area contributed by atoms with Gasteiger partial charge in [-0.3, -0.25) is 10.0 Å². The van der Waals surface area contributed by atoms with Crippen LogP contribution < -0.4 is 5.48 Å². The number of benzene rings is 1. The number of nitrogens with zero attached hydrogens (tertiary/aromatic N) is 2. The van der Waals surface area contributed by atoms with Crippen molar-refractivity contribution in [3.63, 3.8) is 0 Å². The number of hydrogen-bond donors (Lipinski definition) is 2. The lowest BCUT2D eigenvalue weighted by Crippen LogP contribution is -2.19. The number of fused-ring (bicyclic) bond motifs is 1. The fraction of sp³-hybridized carbons (Fsp3) is 0.450. The number of nitrogens with one attached hydrogen (secondary N) is 1. The van der Waals surface area contributed by atoms with E-state index < -0.39 is 5.91 Å². The summed E-state index contributed by atoms with van der Waals surface area (Å²) in [5.74, 6) is 0.0493. The topological polar surface area (TPSA) is 57.5 Å². The van der Waals surface area contributed by atoms with E-state index in [1.807, 2.05) is 6.07 Å². The van der Waals surface area contributed by atoms with Crippen molar-refractivity contribution in [3.05, 3.63) is 41.1 Å². The predicted molar refractivity (Wildman–Crippen MR) is 103 cm³/mol. The van der Waals surface area contributed by atoms with Crippen molar-refractivity contribution < 1.29 is 10.0 Å². The summed E-state index contributed by atoms with van der Waals surface area (Å²) < 4.78 is 2.39. The second-order valence-electron chi connectivity index (χ2n) is 7.20. The first-order valence-electron chi connectivity index (χ1n) is 8.72. The van der Waals surface area contributed by atoms with Crippen LogP contribution in [0.2, 0.25) is 0 Å². The van der Waals surface area contributed by atoms with E-state index in [4.69, 9.17) is 5.21 Å². The SMILES string of the molecule is Cc1c(CC(C)C)c2cc(/C=C/C(=O)NO)ccc2n1CCN(C)C. The number of amides is 1. The predicted octanol–water partition coefficient (Wildman–Crippen LogP) is 3.23. The summed E-state index contributed by atoms with van der Waals surface area (Å²) >= 11 is 0. The third-order valence-corrected chi connectivity index (χ3v) is 4.40. The van der Waals surface area contributed by atoms with Crippen LogP contribution in [-0.4, -0.2) is 41.2 Å². The summed E-state index contributed by atoms with van der Waals surface area (Å²) in [6, 6.07) is 6.26. The Morgan fingerprint density at radius 1 is 1.36 bits per heavy atom. The molecule has 2 rings (SSSR count). The Morgan fingerprint density at radius 3 is 2.68 bits per heavy atom. The number of carbonyl (C=O) groups excluding carboxylic acids is 1. The van der Waals surface area contributed by atoms with Gasteiger partial charge >= 0.3 is 0 Å². The summed E-state index contributed by atoms with van der Waals surface area (Å²) in [5, 5.41) is 9.86. The van der Waals surface area contributed by atoms with Crippen LogP contribution in [0.4, 0.5) is 0 Å². The molecule has 0 atom stereocenters. The largest absolute Gasteiger partial charge is 0.343 e. The van der Waals surface area contributed by atoms with E-state index >= 15 is 0 Å². The average Bonchev–Trinajstić information content (AvgIpc) is 2.81. The standard InChI is InChI=1S/C20H29N3O2/c1-14(2)12-17-15(3)23(11-10-22(4)5)19-8-6-16(13-18(17)19)7-9-20(24)21-25/h6-9,13-14,25H,10-12H2,1-5H3,(H,21,24)/b9-7+. The monoisotopic (exact) mass is 343 g/mol. The molecule has 136 valence electrons. The summed E-state index contributed by atoms with van der Waals surface area (Å²) in [6.07, 6.45) is 4.08. The van der Waals surface area contributed by atoms with Gasteiger partial charge in [0.2, 0.25) is 0 Å². The van der Waals surface area contributed by atoms with Crippen LogP contribution in [-0.2, 0) is 17.8 Å². The highest BCUT2D eigenvalue weighted by molar-refractivity contribution is 5.92. The number of rotatable bonds is 7. The zero-order chi connectivity index (χ0) is 18.6. The third kappa shape index (κ3) is 4.71. The van der Waals surface area contributed by atoms with E-state index in [1.165, 1.54) is 28.2 Å². The lowest BCUT2D eigenvalue weighted by molar-refractivity contribution is -0.124. The molecule has 1 aromatic carbocycles. The Morgan fingerprint density at radius 2 is 2.08 bits per heavy atom. The van der Waals surface area contributed by atoms with Gasteiger partial charge in [0, 0.05) is 35.8 Å². The first-order chi connectivity index (χ1) is 11.8. The molecule has 2 aromatic rings. The number of hydroxylamine groups is 1. The molecule has 0 aliphatic rings. The van der Waals surface area contributed by atoms with Gasteiger partial charge in [-0.15, -0.1) is 0 Å². The van der Waals surface area contributed by atoms with Gasteiger partial charge in [-0.25, -0.2) is 5.48 Å². The Labute approximate surface area is 149 Å². The Kier molecular flexibility index (Phi) is 6.39. The fourth-order valence-electron chi connectivity index (χ4n) is 3.14. The van der Waals surface area contributed by atoms with Crippen molar-refractivity contribution in [2.75, 3.05) is 20.6 Å². The maximum Gasteiger partial charge on any atom is 0.267 e. The molecule has 0 aliphatic carbocycles. The Hall–Kier alpha value is -2.11. The summed E-state index contributed by atoms with van der Waals surface area (Å²) in [5.41, 5.74) is 6.50. The second-order valence-corrected chi connectivity index (χ2v) is 7.20. The van der Waals surface area contributed by atoms with Crippen LogP contribution >= 0.6 is 0 Å². The highest BCUT2D eigenvalue weighted by atomic mass is 16.5. The molecule has 0 fully saturated rings. The molecule has 1 amide bonds.